The summed E-state index contributed by atoms with van der Waals surface area (Å²) < 4.78 is 33.7. The Morgan fingerprint density at radius 3 is 2.58 bits per heavy atom. The van der Waals surface area contributed by atoms with Crippen molar-refractivity contribution in [1.29, 1.82) is 0 Å². The second kappa shape index (κ2) is 7.57. The van der Waals surface area contributed by atoms with E-state index in [4.69, 9.17) is 0 Å². The van der Waals surface area contributed by atoms with Gasteiger partial charge < -0.3 is 9.30 Å². The monoisotopic (exact) mass is 376 g/mol. The second-order valence-corrected chi connectivity index (χ2v) is 6.45. The molecule has 8 heteroatoms. The molecule has 2 aromatic carbocycles. The SMILES string of the molecule is COC(=O)Cn1c(=NC(=O)Cc2ccc(F)cc2)sc2cccc(F)c21. The van der Waals surface area contributed by atoms with Gasteiger partial charge in [0.2, 0.25) is 0 Å². The lowest BCUT2D eigenvalue weighted by atomic mass is 10.1. The number of halogens is 2. The number of aromatic nitrogens is 1. The van der Waals surface area contributed by atoms with E-state index in [2.05, 4.69) is 9.73 Å². The van der Waals surface area contributed by atoms with Crippen LogP contribution in [0.1, 0.15) is 5.56 Å². The number of rotatable bonds is 4. The summed E-state index contributed by atoms with van der Waals surface area (Å²) in [6, 6.07) is 10.0. The molecular formula is C18H14F2N2O3S. The Morgan fingerprint density at radius 2 is 1.88 bits per heavy atom. The van der Waals surface area contributed by atoms with E-state index in [9.17, 15) is 18.4 Å². The topological polar surface area (TPSA) is 60.7 Å². The third kappa shape index (κ3) is 3.85. The molecule has 0 aliphatic rings. The van der Waals surface area contributed by atoms with Gasteiger partial charge in [-0.25, -0.2) is 8.78 Å². The number of thiazole rings is 1. The number of esters is 1. The molecule has 134 valence electrons. The molecule has 0 unspecified atom stereocenters. The van der Waals surface area contributed by atoms with Crippen LogP contribution in [0.4, 0.5) is 8.78 Å². The van der Waals surface area contributed by atoms with E-state index < -0.39 is 23.5 Å². The lowest BCUT2D eigenvalue weighted by Gasteiger charge is -2.04. The zero-order valence-electron chi connectivity index (χ0n) is 13.7. The van der Waals surface area contributed by atoms with Crippen molar-refractivity contribution >= 4 is 33.4 Å². The molecule has 0 aliphatic heterocycles. The van der Waals surface area contributed by atoms with Crippen LogP contribution in [0.2, 0.25) is 0 Å². The lowest BCUT2D eigenvalue weighted by Crippen LogP contribution is -2.23. The van der Waals surface area contributed by atoms with Crippen LogP contribution in [-0.4, -0.2) is 23.6 Å². The van der Waals surface area contributed by atoms with Gasteiger partial charge in [-0.15, -0.1) is 0 Å². The number of hydrogen-bond acceptors (Lipinski definition) is 4. The fourth-order valence-electron chi connectivity index (χ4n) is 2.44. The van der Waals surface area contributed by atoms with Crippen LogP contribution in [0.3, 0.4) is 0 Å². The maximum absolute atomic E-state index is 14.2. The van der Waals surface area contributed by atoms with E-state index in [0.29, 0.717) is 10.3 Å². The van der Waals surface area contributed by atoms with Gasteiger partial charge in [-0.2, -0.15) is 4.99 Å². The van der Waals surface area contributed by atoms with E-state index >= 15 is 0 Å². The number of ether oxygens (including phenoxy) is 1. The highest BCUT2D eigenvalue weighted by Gasteiger charge is 2.15. The molecule has 1 amide bonds. The highest BCUT2D eigenvalue weighted by molar-refractivity contribution is 7.16. The zero-order valence-corrected chi connectivity index (χ0v) is 14.6. The Morgan fingerprint density at radius 1 is 1.15 bits per heavy atom. The fraction of sp³-hybridized carbons (Fsp3) is 0.167. The number of benzene rings is 2. The molecule has 3 rings (SSSR count). The molecule has 1 aromatic heterocycles. The predicted octanol–water partition coefficient (Wildman–Crippen LogP) is 2.82. The molecule has 1 heterocycles. The van der Waals surface area contributed by atoms with Crippen LogP contribution < -0.4 is 4.80 Å². The fourth-order valence-corrected chi connectivity index (χ4v) is 3.50. The standard InChI is InChI=1S/C18H14F2N2O3S/c1-25-16(24)10-22-17-13(20)3-2-4-14(17)26-18(22)21-15(23)9-11-5-7-12(19)8-6-11/h2-8H,9-10H2,1H3. The number of para-hydroxylation sites is 1. The predicted molar refractivity (Wildman–Crippen MR) is 92.5 cm³/mol. The normalized spacial score (nSPS) is 11.7. The average molecular weight is 376 g/mol. The first-order chi connectivity index (χ1) is 12.5. The summed E-state index contributed by atoms with van der Waals surface area (Å²) in [4.78, 5) is 28.1. The minimum Gasteiger partial charge on any atom is -0.468 e. The quantitative estimate of drug-likeness (QED) is 0.658. The average Bonchev–Trinajstić information content (AvgIpc) is 2.95. The summed E-state index contributed by atoms with van der Waals surface area (Å²) in [5.74, 6) is -1.98. The van der Waals surface area contributed by atoms with Gasteiger partial charge >= 0.3 is 5.97 Å². The smallest absolute Gasteiger partial charge is 0.325 e. The summed E-state index contributed by atoms with van der Waals surface area (Å²) in [7, 11) is 1.23. The van der Waals surface area contributed by atoms with Crippen molar-refractivity contribution in [3.8, 4) is 0 Å². The molecule has 0 saturated heterocycles. The molecular weight excluding hydrogens is 362 g/mol. The van der Waals surface area contributed by atoms with Gasteiger partial charge in [0, 0.05) is 0 Å². The molecule has 26 heavy (non-hydrogen) atoms. The first-order valence-corrected chi connectivity index (χ1v) is 8.46. The Hall–Kier alpha value is -2.87. The van der Waals surface area contributed by atoms with E-state index in [1.54, 1.807) is 12.1 Å². The van der Waals surface area contributed by atoms with E-state index in [0.717, 1.165) is 11.3 Å². The maximum atomic E-state index is 14.2. The first-order valence-electron chi connectivity index (χ1n) is 7.64. The van der Waals surface area contributed by atoms with Crippen LogP contribution in [-0.2, 0) is 27.3 Å². The molecule has 0 radical (unpaired) electrons. The molecule has 5 nitrogen and oxygen atoms in total. The highest BCUT2D eigenvalue weighted by Crippen LogP contribution is 2.20. The summed E-state index contributed by atoms with van der Waals surface area (Å²) in [6.45, 7) is -0.264. The molecule has 0 N–H and O–H groups in total. The molecule has 0 spiro atoms. The van der Waals surface area contributed by atoms with Crippen molar-refractivity contribution in [1.82, 2.24) is 4.57 Å². The first kappa shape index (κ1) is 17.9. The van der Waals surface area contributed by atoms with Gasteiger partial charge in [-0.05, 0) is 29.8 Å². The van der Waals surface area contributed by atoms with Gasteiger partial charge in [0.05, 0.1) is 23.7 Å². The second-order valence-electron chi connectivity index (χ2n) is 5.44. The Bertz CT molecular complexity index is 1040. The van der Waals surface area contributed by atoms with Crippen LogP contribution in [0.5, 0.6) is 0 Å². The molecule has 0 aliphatic carbocycles. The number of amides is 1. The minimum absolute atomic E-state index is 0.0325. The summed E-state index contributed by atoms with van der Waals surface area (Å²) in [5, 5.41) is 0. The van der Waals surface area contributed by atoms with Gasteiger partial charge in [-0.1, -0.05) is 29.5 Å². The van der Waals surface area contributed by atoms with Crippen molar-refractivity contribution in [3.05, 3.63) is 64.5 Å². The van der Waals surface area contributed by atoms with Crippen molar-refractivity contribution in [2.24, 2.45) is 4.99 Å². The zero-order chi connectivity index (χ0) is 18.7. The third-order valence-electron chi connectivity index (χ3n) is 3.66. The van der Waals surface area contributed by atoms with E-state index in [1.807, 2.05) is 0 Å². The maximum Gasteiger partial charge on any atom is 0.325 e. The Balaban J connectivity index is 2.02. The number of nitrogens with zero attached hydrogens (tertiary/aromatic N) is 2. The van der Waals surface area contributed by atoms with Gasteiger partial charge in [0.25, 0.3) is 5.91 Å². The number of carbonyl (C=O) groups is 2. The highest BCUT2D eigenvalue weighted by atomic mass is 32.1. The largest absolute Gasteiger partial charge is 0.468 e. The molecule has 0 bridgehead atoms. The summed E-state index contributed by atoms with van der Waals surface area (Å²) in [5.41, 5.74) is 0.795. The third-order valence-corrected chi connectivity index (χ3v) is 4.70. The number of methoxy groups -OCH3 is 1. The van der Waals surface area contributed by atoms with E-state index in [1.165, 1.54) is 42.0 Å². The van der Waals surface area contributed by atoms with Gasteiger partial charge in [-0.3, -0.25) is 9.59 Å². The van der Waals surface area contributed by atoms with E-state index in [-0.39, 0.29) is 23.3 Å². The molecule has 0 atom stereocenters. The lowest BCUT2D eigenvalue weighted by molar-refractivity contribution is -0.141. The number of fused-ring (bicyclic) bond motifs is 1. The molecule has 3 aromatic rings. The van der Waals surface area contributed by atoms with Crippen LogP contribution in [0, 0.1) is 11.6 Å². The van der Waals surface area contributed by atoms with Crippen LogP contribution in [0.15, 0.2) is 47.5 Å². The summed E-state index contributed by atoms with van der Waals surface area (Å²) in [6.07, 6.45) is -0.0325. The Kier molecular flexibility index (Phi) is 5.22. The van der Waals surface area contributed by atoms with Crippen molar-refractivity contribution in [2.45, 2.75) is 13.0 Å². The van der Waals surface area contributed by atoms with Crippen LogP contribution in [0.25, 0.3) is 10.2 Å². The van der Waals surface area contributed by atoms with Crippen LogP contribution >= 0.6 is 11.3 Å². The van der Waals surface area contributed by atoms with Crippen molar-refractivity contribution < 1.29 is 23.1 Å². The molecule has 0 fully saturated rings. The van der Waals surface area contributed by atoms with Gasteiger partial charge in [0.1, 0.15) is 18.2 Å². The number of hydrogen-bond donors (Lipinski definition) is 0. The van der Waals surface area contributed by atoms with Crippen molar-refractivity contribution in [3.63, 3.8) is 0 Å². The molecule has 0 saturated carbocycles. The van der Waals surface area contributed by atoms with Crippen molar-refractivity contribution in [2.75, 3.05) is 7.11 Å². The Labute approximate surface area is 151 Å². The number of carbonyl (C=O) groups excluding carboxylic acids is 2. The van der Waals surface area contributed by atoms with Gasteiger partial charge in [0.15, 0.2) is 4.80 Å². The minimum atomic E-state index is -0.583. The summed E-state index contributed by atoms with van der Waals surface area (Å²) >= 11 is 1.10.